The van der Waals surface area contributed by atoms with Gasteiger partial charge in [-0.15, -0.1) is 0 Å². The molecule has 0 unspecified atom stereocenters. The maximum atomic E-state index is 8.27. The minimum atomic E-state index is -1.08. The Morgan fingerprint density at radius 2 is 1.82 bits per heavy atom. The molecule has 0 atom stereocenters. The molecule has 2 bridgehead atoms. The summed E-state index contributed by atoms with van der Waals surface area (Å²) in [6.45, 7) is 1.87. The van der Waals surface area contributed by atoms with Crippen molar-refractivity contribution >= 4 is 8.60 Å². The molecule has 6 heteroatoms. The first-order valence-electron chi connectivity index (χ1n) is 3.30. The Morgan fingerprint density at radius 1 is 1.27 bits per heavy atom. The normalized spacial score (nSPS) is 42.8. The van der Waals surface area contributed by atoms with Crippen molar-refractivity contribution in [1.82, 2.24) is 0 Å². The molecule has 3 rings (SSSR count). The van der Waals surface area contributed by atoms with Crippen LogP contribution in [0.5, 0.6) is 0 Å². The molecule has 64 valence electrons. The first kappa shape index (κ1) is 7.86. The van der Waals surface area contributed by atoms with Gasteiger partial charge in [0.05, 0.1) is 31.8 Å². The van der Waals surface area contributed by atoms with Crippen molar-refractivity contribution in [3.63, 3.8) is 0 Å². The van der Waals surface area contributed by atoms with Crippen LogP contribution in [0.4, 0.5) is 0 Å². The van der Waals surface area contributed by atoms with Crippen molar-refractivity contribution in [2.24, 2.45) is 5.41 Å². The molecule has 0 aromatic carbocycles. The van der Waals surface area contributed by atoms with Crippen molar-refractivity contribution in [3.05, 3.63) is 0 Å². The van der Waals surface area contributed by atoms with Crippen molar-refractivity contribution < 1.29 is 23.7 Å². The van der Waals surface area contributed by atoms with Gasteiger partial charge in [-0.05, 0) is 0 Å². The Bertz CT molecular complexity index is 124. The highest BCUT2D eigenvalue weighted by Crippen LogP contribution is 2.53. The topological polar surface area (TPSA) is 57.2 Å². The minimum absolute atomic E-state index is 0.205. The quantitative estimate of drug-likeness (QED) is 0.386. The minimum Gasteiger partial charge on any atom is -0.311 e. The fourth-order valence-corrected chi connectivity index (χ4v) is 2.43. The second-order valence-electron chi connectivity index (χ2n) is 2.82. The largest absolute Gasteiger partial charge is 0.332 e. The second kappa shape index (κ2) is 2.94. The molecule has 3 aliphatic rings. The summed E-state index contributed by atoms with van der Waals surface area (Å²) in [5, 5.41) is 8.27. The van der Waals surface area contributed by atoms with Gasteiger partial charge in [-0.25, -0.2) is 4.89 Å². The lowest BCUT2D eigenvalue weighted by atomic mass is 9.93. The Kier molecular flexibility index (Phi) is 2.10. The van der Waals surface area contributed by atoms with Gasteiger partial charge in [0.2, 0.25) is 0 Å². The summed E-state index contributed by atoms with van der Waals surface area (Å²) < 4.78 is 15.5. The Balaban J connectivity index is 2.00. The van der Waals surface area contributed by atoms with Crippen LogP contribution in [0, 0.1) is 5.41 Å². The number of rotatable bonds is 2. The molecule has 3 saturated heterocycles. The summed E-state index contributed by atoms with van der Waals surface area (Å²) >= 11 is 0. The van der Waals surface area contributed by atoms with Gasteiger partial charge in [0.1, 0.15) is 0 Å². The number of hydrogen-bond donors (Lipinski definition) is 1. The van der Waals surface area contributed by atoms with E-state index >= 15 is 0 Å². The predicted octanol–water partition coefficient (Wildman–Crippen LogP) is 0.766. The zero-order chi connectivity index (χ0) is 7.73. The molecule has 3 heterocycles. The van der Waals surface area contributed by atoms with E-state index in [1.54, 1.807) is 0 Å². The fraction of sp³-hybridized carbons (Fsp3) is 1.00. The van der Waals surface area contributed by atoms with Crippen LogP contribution >= 0.6 is 8.60 Å². The monoisotopic (exact) mass is 180 g/mol. The smallest absolute Gasteiger partial charge is 0.311 e. The summed E-state index contributed by atoms with van der Waals surface area (Å²) in [5.41, 5.74) is -0.286. The van der Waals surface area contributed by atoms with E-state index < -0.39 is 8.60 Å². The molecule has 0 saturated carbocycles. The van der Waals surface area contributed by atoms with Crippen LogP contribution in [0.25, 0.3) is 0 Å². The molecule has 5 nitrogen and oxygen atoms in total. The first-order valence-corrected chi connectivity index (χ1v) is 4.39. The highest BCUT2D eigenvalue weighted by atomic mass is 31.2. The Morgan fingerprint density at radius 3 is 2.27 bits per heavy atom. The third kappa shape index (κ3) is 1.40. The molecule has 0 aromatic heterocycles. The van der Waals surface area contributed by atoms with Gasteiger partial charge >= 0.3 is 8.60 Å². The second-order valence-corrected chi connectivity index (χ2v) is 4.04. The van der Waals surface area contributed by atoms with E-state index in [4.69, 9.17) is 18.8 Å². The maximum absolute atomic E-state index is 8.27. The molecule has 11 heavy (non-hydrogen) atoms. The van der Waals surface area contributed by atoms with Crippen molar-refractivity contribution in [2.45, 2.75) is 0 Å². The van der Waals surface area contributed by atoms with Gasteiger partial charge in [-0.2, -0.15) is 0 Å². The maximum Gasteiger partial charge on any atom is 0.332 e. The van der Waals surface area contributed by atoms with Gasteiger partial charge in [-0.3, -0.25) is 5.26 Å². The molecule has 0 amide bonds. The number of hydrogen-bond acceptors (Lipinski definition) is 5. The number of fused-ring (bicyclic) bond motifs is 3. The van der Waals surface area contributed by atoms with Crippen molar-refractivity contribution in [1.29, 1.82) is 0 Å². The third-order valence-corrected chi connectivity index (χ3v) is 2.82. The lowest BCUT2D eigenvalue weighted by Crippen LogP contribution is -2.46. The van der Waals surface area contributed by atoms with E-state index in [1.807, 2.05) is 0 Å². The summed E-state index contributed by atoms with van der Waals surface area (Å²) in [6.07, 6.45) is 0. The zero-order valence-electron chi connectivity index (χ0n) is 5.86. The molecule has 3 fully saturated rings. The fourth-order valence-electron chi connectivity index (χ4n) is 1.07. The molecule has 0 aromatic rings. The standard InChI is InChI=1S/C5H9O5P/c6-7-1-5-2-8-11(9-3-5)10-4-5/h6H,1-4H2. The Labute approximate surface area is 65.1 Å². The van der Waals surface area contributed by atoms with Crippen LogP contribution in [0.2, 0.25) is 0 Å². The van der Waals surface area contributed by atoms with Crippen LogP contribution in [-0.4, -0.2) is 31.7 Å². The van der Waals surface area contributed by atoms with Crippen molar-refractivity contribution in [2.75, 3.05) is 26.4 Å². The first-order chi connectivity index (χ1) is 5.35. The van der Waals surface area contributed by atoms with Gasteiger partial charge in [0, 0.05) is 0 Å². The molecular formula is C5H9O5P. The van der Waals surface area contributed by atoms with Gasteiger partial charge < -0.3 is 13.6 Å². The zero-order valence-corrected chi connectivity index (χ0v) is 6.75. The highest BCUT2D eigenvalue weighted by molar-refractivity contribution is 7.41. The van der Waals surface area contributed by atoms with Crippen LogP contribution in [-0.2, 0) is 18.5 Å². The van der Waals surface area contributed by atoms with Crippen LogP contribution in [0.3, 0.4) is 0 Å². The predicted molar refractivity (Wildman–Crippen MR) is 35.8 cm³/mol. The average Bonchev–Trinajstić information content (AvgIpc) is 2.07. The van der Waals surface area contributed by atoms with Gasteiger partial charge in [0.15, 0.2) is 0 Å². The highest BCUT2D eigenvalue weighted by Gasteiger charge is 2.45. The summed E-state index contributed by atoms with van der Waals surface area (Å²) in [6, 6.07) is 0. The molecular weight excluding hydrogens is 171 g/mol. The Hall–Kier alpha value is 0.230. The summed E-state index contributed by atoms with van der Waals surface area (Å²) in [5.74, 6) is 0. The third-order valence-electron chi connectivity index (χ3n) is 1.80. The van der Waals surface area contributed by atoms with E-state index in [2.05, 4.69) is 4.89 Å². The van der Waals surface area contributed by atoms with E-state index in [9.17, 15) is 0 Å². The molecule has 0 spiro atoms. The van der Waals surface area contributed by atoms with E-state index in [-0.39, 0.29) is 12.0 Å². The average molecular weight is 180 g/mol. The summed E-state index contributed by atoms with van der Waals surface area (Å²) in [4.78, 5) is 4.07. The SMILES string of the molecule is OOCC12COP(OC1)OC2. The van der Waals surface area contributed by atoms with Gasteiger partial charge in [0.25, 0.3) is 0 Å². The van der Waals surface area contributed by atoms with Crippen LogP contribution < -0.4 is 0 Å². The molecule has 0 aliphatic carbocycles. The molecule has 3 aliphatic heterocycles. The lowest BCUT2D eigenvalue weighted by molar-refractivity contribution is -0.278. The lowest BCUT2D eigenvalue weighted by Gasteiger charge is -2.42. The van der Waals surface area contributed by atoms with E-state index in [0.29, 0.717) is 19.8 Å². The van der Waals surface area contributed by atoms with Crippen LogP contribution in [0.1, 0.15) is 0 Å². The van der Waals surface area contributed by atoms with Crippen LogP contribution in [0.15, 0.2) is 0 Å². The van der Waals surface area contributed by atoms with Gasteiger partial charge in [-0.1, -0.05) is 0 Å². The summed E-state index contributed by atoms with van der Waals surface area (Å²) in [7, 11) is -1.08. The van der Waals surface area contributed by atoms with Crippen molar-refractivity contribution in [3.8, 4) is 0 Å². The van der Waals surface area contributed by atoms with E-state index in [0.717, 1.165) is 0 Å². The molecule has 0 radical (unpaired) electrons. The van der Waals surface area contributed by atoms with E-state index in [1.165, 1.54) is 0 Å². The molecule has 1 N–H and O–H groups in total.